The van der Waals surface area contributed by atoms with Crippen LogP contribution in [-0.2, 0) is 4.79 Å². The highest BCUT2D eigenvalue weighted by Crippen LogP contribution is 2.24. The Morgan fingerprint density at radius 1 is 1.64 bits per heavy atom. The Morgan fingerprint density at radius 2 is 2.29 bits per heavy atom. The van der Waals surface area contributed by atoms with Gasteiger partial charge >= 0.3 is 5.97 Å². The van der Waals surface area contributed by atoms with Gasteiger partial charge in [0.2, 0.25) is 0 Å². The van der Waals surface area contributed by atoms with Crippen molar-refractivity contribution in [2.24, 2.45) is 5.73 Å². The molecule has 4 heteroatoms. The maximum absolute atomic E-state index is 10.5. The number of carboxylic acid groups (broad SMARTS) is 1. The largest absolute Gasteiger partial charge is 0.481 e. The zero-order valence-electron chi connectivity index (χ0n) is 7.83. The molecule has 1 rings (SSSR count). The summed E-state index contributed by atoms with van der Waals surface area (Å²) in [5.74, 6) is -0.884. The lowest BCUT2D eigenvalue weighted by Crippen LogP contribution is -2.15. The third-order valence-electron chi connectivity index (χ3n) is 1.95. The van der Waals surface area contributed by atoms with Crippen LogP contribution < -0.4 is 5.73 Å². The van der Waals surface area contributed by atoms with E-state index in [1.165, 1.54) is 0 Å². The molecular weight excluding hydrogens is 246 g/mol. The van der Waals surface area contributed by atoms with Crippen LogP contribution in [0.1, 0.15) is 23.6 Å². The number of nitrogens with two attached hydrogens (primary N) is 1. The minimum Gasteiger partial charge on any atom is -0.481 e. The first-order valence-corrected chi connectivity index (χ1v) is 5.03. The number of rotatable bonds is 3. The molecule has 14 heavy (non-hydrogen) atoms. The van der Waals surface area contributed by atoms with E-state index >= 15 is 0 Å². The van der Waals surface area contributed by atoms with Gasteiger partial charge in [-0.15, -0.1) is 0 Å². The maximum atomic E-state index is 10.5. The van der Waals surface area contributed by atoms with Crippen molar-refractivity contribution in [2.75, 3.05) is 0 Å². The Balaban J connectivity index is 2.90. The fourth-order valence-corrected chi connectivity index (χ4v) is 2.02. The molecule has 0 fully saturated rings. The van der Waals surface area contributed by atoms with Crippen molar-refractivity contribution in [3.8, 4) is 0 Å². The van der Waals surface area contributed by atoms with Crippen LogP contribution in [0.3, 0.4) is 0 Å². The van der Waals surface area contributed by atoms with Gasteiger partial charge in [-0.1, -0.05) is 28.1 Å². The summed E-state index contributed by atoms with van der Waals surface area (Å²) >= 11 is 3.36. The van der Waals surface area contributed by atoms with Crippen molar-refractivity contribution in [1.29, 1.82) is 0 Å². The molecule has 0 radical (unpaired) electrons. The summed E-state index contributed by atoms with van der Waals surface area (Å²) < 4.78 is 0.867. The Kier molecular flexibility index (Phi) is 3.66. The molecule has 0 spiro atoms. The number of aryl methyl sites for hydroxylation is 1. The topological polar surface area (TPSA) is 63.3 Å². The summed E-state index contributed by atoms with van der Waals surface area (Å²) in [4.78, 5) is 10.5. The first-order valence-electron chi connectivity index (χ1n) is 4.24. The second kappa shape index (κ2) is 4.57. The summed E-state index contributed by atoms with van der Waals surface area (Å²) in [7, 11) is 0. The molecule has 0 amide bonds. The van der Waals surface area contributed by atoms with Crippen LogP contribution in [0.15, 0.2) is 22.7 Å². The zero-order chi connectivity index (χ0) is 10.7. The molecule has 0 bridgehead atoms. The van der Waals surface area contributed by atoms with Crippen LogP contribution in [0.5, 0.6) is 0 Å². The Labute approximate surface area is 91.1 Å². The molecule has 1 atom stereocenters. The normalized spacial score (nSPS) is 12.5. The minimum absolute atomic E-state index is 0.0539. The van der Waals surface area contributed by atoms with E-state index in [2.05, 4.69) is 15.9 Å². The lowest BCUT2D eigenvalue weighted by molar-refractivity contribution is -0.137. The fraction of sp³-hybridized carbons (Fsp3) is 0.300. The number of aliphatic carboxylic acids is 1. The molecule has 1 aromatic carbocycles. The van der Waals surface area contributed by atoms with Gasteiger partial charge in [-0.05, 0) is 24.1 Å². The number of hydrogen-bond donors (Lipinski definition) is 2. The van der Waals surface area contributed by atoms with Crippen LogP contribution >= 0.6 is 15.9 Å². The number of carboxylic acids is 1. The first kappa shape index (κ1) is 11.2. The molecule has 3 nitrogen and oxygen atoms in total. The van der Waals surface area contributed by atoms with Gasteiger partial charge in [0.25, 0.3) is 0 Å². The molecule has 0 heterocycles. The SMILES string of the molecule is Cc1ccc([C@@H](N)CC(=O)O)c(Br)c1. The van der Waals surface area contributed by atoms with E-state index in [0.29, 0.717) is 0 Å². The molecule has 0 saturated heterocycles. The summed E-state index contributed by atoms with van der Waals surface area (Å²) in [5.41, 5.74) is 7.68. The molecule has 0 aliphatic rings. The number of carbonyl (C=O) groups is 1. The van der Waals surface area contributed by atoms with Crippen LogP contribution in [0, 0.1) is 6.92 Å². The molecule has 0 saturated carbocycles. The Morgan fingerprint density at radius 3 is 2.79 bits per heavy atom. The van der Waals surface area contributed by atoms with Crippen LogP contribution in [0.2, 0.25) is 0 Å². The van der Waals surface area contributed by atoms with E-state index in [1.807, 2.05) is 25.1 Å². The number of halogens is 1. The number of benzene rings is 1. The molecule has 76 valence electrons. The smallest absolute Gasteiger partial charge is 0.305 e. The lowest BCUT2D eigenvalue weighted by Gasteiger charge is -2.11. The van der Waals surface area contributed by atoms with E-state index in [4.69, 9.17) is 10.8 Å². The summed E-state index contributed by atoms with van der Waals surface area (Å²) in [5, 5.41) is 8.60. The molecule has 3 N–H and O–H groups in total. The molecule has 1 aromatic rings. The lowest BCUT2D eigenvalue weighted by atomic mass is 10.0. The second-order valence-electron chi connectivity index (χ2n) is 3.23. The van der Waals surface area contributed by atoms with Gasteiger partial charge in [0, 0.05) is 10.5 Å². The average molecular weight is 258 g/mol. The van der Waals surface area contributed by atoms with Crippen molar-refractivity contribution < 1.29 is 9.90 Å². The summed E-state index contributed by atoms with van der Waals surface area (Å²) in [6.45, 7) is 1.97. The second-order valence-corrected chi connectivity index (χ2v) is 4.08. The van der Waals surface area contributed by atoms with Crippen molar-refractivity contribution in [1.82, 2.24) is 0 Å². The van der Waals surface area contributed by atoms with Crippen LogP contribution in [-0.4, -0.2) is 11.1 Å². The van der Waals surface area contributed by atoms with Gasteiger partial charge < -0.3 is 10.8 Å². The Hall–Kier alpha value is -0.870. The van der Waals surface area contributed by atoms with E-state index < -0.39 is 12.0 Å². The molecule has 0 aliphatic heterocycles. The average Bonchev–Trinajstić information content (AvgIpc) is 2.01. The molecule has 0 aromatic heterocycles. The molecule has 0 aliphatic carbocycles. The van der Waals surface area contributed by atoms with Gasteiger partial charge in [-0.3, -0.25) is 4.79 Å². The third-order valence-corrected chi connectivity index (χ3v) is 2.64. The van der Waals surface area contributed by atoms with Gasteiger partial charge in [-0.2, -0.15) is 0 Å². The fourth-order valence-electron chi connectivity index (χ4n) is 1.23. The number of hydrogen-bond acceptors (Lipinski definition) is 2. The van der Waals surface area contributed by atoms with Crippen LogP contribution in [0.25, 0.3) is 0 Å². The van der Waals surface area contributed by atoms with Crippen molar-refractivity contribution in [2.45, 2.75) is 19.4 Å². The molecule has 0 unspecified atom stereocenters. The summed E-state index contributed by atoms with van der Waals surface area (Å²) in [6.07, 6.45) is -0.0539. The quantitative estimate of drug-likeness (QED) is 0.873. The monoisotopic (exact) mass is 257 g/mol. The zero-order valence-corrected chi connectivity index (χ0v) is 9.41. The third kappa shape index (κ3) is 2.82. The highest BCUT2D eigenvalue weighted by atomic mass is 79.9. The van der Waals surface area contributed by atoms with Crippen molar-refractivity contribution in [3.63, 3.8) is 0 Å². The van der Waals surface area contributed by atoms with Gasteiger partial charge in [0.15, 0.2) is 0 Å². The van der Waals surface area contributed by atoms with E-state index in [-0.39, 0.29) is 6.42 Å². The van der Waals surface area contributed by atoms with E-state index in [0.717, 1.165) is 15.6 Å². The van der Waals surface area contributed by atoms with Gasteiger partial charge in [-0.25, -0.2) is 0 Å². The van der Waals surface area contributed by atoms with Crippen molar-refractivity contribution in [3.05, 3.63) is 33.8 Å². The van der Waals surface area contributed by atoms with Crippen molar-refractivity contribution >= 4 is 21.9 Å². The highest BCUT2D eigenvalue weighted by Gasteiger charge is 2.13. The standard InChI is InChI=1S/C10H12BrNO2/c1-6-2-3-7(8(11)4-6)9(12)5-10(13)14/h2-4,9H,5,12H2,1H3,(H,13,14)/t9-/m0/s1. The highest BCUT2D eigenvalue weighted by molar-refractivity contribution is 9.10. The van der Waals surface area contributed by atoms with Gasteiger partial charge in [0.1, 0.15) is 0 Å². The maximum Gasteiger partial charge on any atom is 0.305 e. The predicted octanol–water partition coefficient (Wildman–Crippen LogP) is 2.23. The minimum atomic E-state index is -0.884. The molecular formula is C10H12BrNO2. The van der Waals surface area contributed by atoms with E-state index in [1.54, 1.807) is 0 Å². The van der Waals surface area contributed by atoms with E-state index in [9.17, 15) is 4.79 Å². The first-order chi connectivity index (χ1) is 6.50. The summed E-state index contributed by atoms with van der Waals surface area (Å²) in [6, 6.07) is 5.24. The van der Waals surface area contributed by atoms with Crippen LogP contribution in [0.4, 0.5) is 0 Å². The predicted molar refractivity (Wildman–Crippen MR) is 58.1 cm³/mol. The Bertz CT molecular complexity index is 352. The van der Waals surface area contributed by atoms with Gasteiger partial charge in [0.05, 0.1) is 6.42 Å².